The van der Waals surface area contributed by atoms with Gasteiger partial charge in [-0.2, -0.15) is 0 Å². The molecule has 2 N–H and O–H groups in total. The number of hydrogen-bond donors (Lipinski definition) is 2. The van der Waals surface area contributed by atoms with Crippen molar-refractivity contribution in [1.29, 1.82) is 0 Å². The smallest absolute Gasteiger partial charge is 0.412 e. The van der Waals surface area contributed by atoms with Gasteiger partial charge >= 0.3 is 6.09 Å². The third kappa shape index (κ3) is 5.64. The third-order valence-electron chi connectivity index (χ3n) is 3.44. The third-order valence-corrected chi connectivity index (χ3v) is 3.44. The highest BCUT2D eigenvalue weighted by molar-refractivity contribution is 6.06. The van der Waals surface area contributed by atoms with Crippen LogP contribution in [0.3, 0.4) is 0 Å². The standard InChI is InChI=1S/C20H24N2O3/c1-5-14-10-12-15(13-11-14)18(23)21-16-8-6-7-9-17(16)22-19(24)25-20(2,3)4/h6-13H,5H2,1-4H3,(H,21,23)(H,22,24). The van der Waals surface area contributed by atoms with Crippen LogP contribution >= 0.6 is 0 Å². The number of benzene rings is 2. The van der Waals surface area contributed by atoms with Crippen LogP contribution in [-0.4, -0.2) is 17.6 Å². The van der Waals surface area contributed by atoms with E-state index in [9.17, 15) is 9.59 Å². The fraction of sp³-hybridized carbons (Fsp3) is 0.300. The van der Waals surface area contributed by atoms with Crippen LogP contribution in [0.2, 0.25) is 0 Å². The number of hydrogen-bond acceptors (Lipinski definition) is 3. The van der Waals surface area contributed by atoms with E-state index in [4.69, 9.17) is 4.74 Å². The normalized spacial score (nSPS) is 10.9. The molecular weight excluding hydrogens is 316 g/mol. The maximum absolute atomic E-state index is 12.4. The van der Waals surface area contributed by atoms with E-state index in [0.29, 0.717) is 16.9 Å². The van der Waals surface area contributed by atoms with Crippen LogP contribution in [0, 0.1) is 0 Å². The Morgan fingerprint density at radius 3 is 2.00 bits per heavy atom. The summed E-state index contributed by atoms with van der Waals surface area (Å²) in [5.41, 5.74) is 2.13. The number of aryl methyl sites for hydroxylation is 1. The molecule has 0 unspecified atom stereocenters. The van der Waals surface area contributed by atoms with E-state index < -0.39 is 11.7 Å². The van der Waals surface area contributed by atoms with Crippen LogP contribution in [-0.2, 0) is 11.2 Å². The minimum Gasteiger partial charge on any atom is -0.444 e. The first-order valence-electron chi connectivity index (χ1n) is 8.28. The van der Waals surface area contributed by atoms with Crippen molar-refractivity contribution in [2.75, 3.05) is 10.6 Å². The zero-order chi connectivity index (χ0) is 18.4. The molecule has 0 aliphatic rings. The number of rotatable bonds is 4. The highest BCUT2D eigenvalue weighted by atomic mass is 16.6. The second-order valence-corrected chi connectivity index (χ2v) is 6.68. The molecule has 0 aliphatic heterocycles. The molecule has 0 atom stereocenters. The average Bonchev–Trinajstić information content (AvgIpc) is 2.55. The van der Waals surface area contributed by atoms with Gasteiger partial charge in [-0.05, 0) is 57.0 Å². The highest BCUT2D eigenvalue weighted by Crippen LogP contribution is 2.23. The maximum atomic E-state index is 12.4. The highest BCUT2D eigenvalue weighted by Gasteiger charge is 2.17. The Morgan fingerprint density at radius 2 is 1.48 bits per heavy atom. The quantitative estimate of drug-likeness (QED) is 0.836. The van der Waals surface area contributed by atoms with Crippen LogP contribution in [0.1, 0.15) is 43.6 Å². The largest absolute Gasteiger partial charge is 0.444 e. The van der Waals surface area contributed by atoms with Gasteiger partial charge in [-0.3, -0.25) is 10.1 Å². The number of carbonyl (C=O) groups excluding carboxylic acids is 2. The Hall–Kier alpha value is -2.82. The van der Waals surface area contributed by atoms with Gasteiger partial charge in [0.2, 0.25) is 0 Å². The summed E-state index contributed by atoms with van der Waals surface area (Å²) in [6, 6.07) is 14.4. The Balaban J connectivity index is 2.11. The maximum Gasteiger partial charge on any atom is 0.412 e. The summed E-state index contributed by atoms with van der Waals surface area (Å²) in [4.78, 5) is 24.4. The lowest BCUT2D eigenvalue weighted by atomic mass is 10.1. The Kier molecular flexibility index (Phi) is 5.80. The van der Waals surface area contributed by atoms with E-state index in [1.807, 2.05) is 12.1 Å². The molecule has 0 saturated carbocycles. The average molecular weight is 340 g/mol. The van der Waals surface area contributed by atoms with Crippen molar-refractivity contribution in [3.63, 3.8) is 0 Å². The molecule has 25 heavy (non-hydrogen) atoms. The Morgan fingerprint density at radius 1 is 0.920 bits per heavy atom. The molecule has 2 aromatic carbocycles. The molecule has 0 radical (unpaired) electrons. The molecule has 0 aromatic heterocycles. The Labute approximate surface area is 148 Å². The molecule has 2 amide bonds. The predicted molar refractivity (Wildman–Crippen MR) is 100 cm³/mol. The molecular formula is C20H24N2O3. The first kappa shape index (κ1) is 18.5. The van der Waals surface area contributed by atoms with Gasteiger partial charge in [-0.15, -0.1) is 0 Å². The van der Waals surface area contributed by atoms with Crippen LogP contribution < -0.4 is 10.6 Å². The minimum absolute atomic E-state index is 0.235. The van der Waals surface area contributed by atoms with Crippen LogP contribution in [0.25, 0.3) is 0 Å². The lowest BCUT2D eigenvalue weighted by Crippen LogP contribution is -2.27. The van der Waals surface area contributed by atoms with E-state index >= 15 is 0 Å². The summed E-state index contributed by atoms with van der Waals surface area (Å²) in [5, 5.41) is 5.49. The van der Waals surface area contributed by atoms with Gasteiger partial charge in [-0.25, -0.2) is 4.79 Å². The summed E-state index contributed by atoms with van der Waals surface area (Å²) >= 11 is 0. The molecule has 0 heterocycles. The lowest BCUT2D eigenvalue weighted by Gasteiger charge is -2.20. The van der Waals surface area contributed by atoms with E-state index in [1.165, 1.54) is 5.56 Å². The summed E-state index contributed by atoms with van der Waals surface area (Å²) in [5.74, 6) is -0.235. The van der Waals surface area contributed by atoms with Gasteiger partial charge in [0.05, 0.1) is 11.4 Å². The lowest BCUT2D eigenvalue weighted by molar-refractivity contribution is 0.0635. The number of amides is 2. The van der Waals surface area contributed by atoms with Gasteiger partial charge in [-0.1, -0.05) is 31.2 Å². The summed E-state index contributed by atoms with van der Waals surface area (Å²) in [6.45, 7) is 7.44. The topological polar surface area (TPSA) is 67.4 Å². The second-order valence-electron chi connectivity index (χ2n) is 6.68. The molecule has 5 nitrogen and oxygen atoms in total. The number of para-hydroxylation sites is 2. The number of anilines is 2. The van der Waals surface area contributed by atoms with Crippen molar-refractivity contribution < 1.29 is 14.3 Å². The van der Waals surface area contributed by atoms with E-state index in [2.05, 4.69) is 17.6 Å². The molecule has 0 spiro atoms. The van der Waals surface area contributed by atoms with Crippen molar-refractivity contribution in [2.45, 2.75) is 39.7 Å². The SMILES string of the molecule is CCc1ccc(C(=O)Nc2ccccc2NC(=O)OC(C)(C)C)cc1. The van der Waals surface area contributed by atoms with E-state index in [1.54, 1.807) is 57.2 Å². The van der Waals surface area contributed by atoms with Crippen molar-refractivity contribution >= 4 is 23.4 Å². The van der Waals surface area contributed by atoms with Gasteiger partial charge in [0.1, 0.15) is 5.60 Å². The number of ether oxygens (including phenoxy) is 1. The summed E-state index contributed by atoms with van der Waals surface area (Å²) in [6.07, 6.45) is 0.353. The second kappa shape index (κ2) is 7.83. The van der Waals surface area contributed by atoms with E-state index in [-0.39, 0.29) is 5.91 Å². The van der Waals surface area contributed by atoms with Gasteiger partial charge in [0.15, 0.2) is 0 Å². The molecule has 0 bridgehead atoms. The van der Waals surface area contributed by atoms with Crippen LogP contribution in [0.5, 0.6) is 0 Å². The van der Waals surface area contributed by atoms with Crippen molar-refractivity contribution in [1.82, 2.24) is 0 Å². The van der Waals surface area contributed by atoms with Crippen molar-refractivity contribution in [2.24, 2.45) is 0 Å². The zero-order valence-electron chi connectivity index (χ0n) is 15.1. The van der Waals surface area contributed by atoms with Crippen molar-refractivity contribution in [3.8, 4) is 0 Å². The van der Waals surface area contributed by atoms with Crippen LogP contribution in [0.4, 0.5) is 16.2 Å². The molecule has 0 saturated heterocycles. The summed E-state index contributed by atoms with van der Waals surface area (Å²) < 4.78 is 5.25. The molecule has 2 rings (SSSR count). The van der Waals surface area contributed by atoms with Crippen molar-refractivity contribution in [3.05, 3.63) is 59.7 Å². The number of carbonyl (C=O) groups is 2. The minimum atomic E-state index is -0.594. The van der Waals surface area contributed by atoms with Gasteiger partial charge in [0, 0.05) is 5.56 Å². The van der Waals surface area contributed by atoms with E-state index in [0.717, 1.165) is 6.42 Å². The number of nitrogens with one attached hydrogen (secondary N) is 2. The van der Waals surface area contributed by atoms with Crippen LogP contribution in [0.15, 0.2) is 48.5 Å². The van der Waals surface area contributed by atoms with Gasteiger partial charge < -0.3 is 10.1 Å². The predicted octanol–water partition coefficient (Wildman–Crippen LogP) is 4.85. The molecule has 0 fully saturated rings. The monoisotopic (exact) mass is 340 g/mol. The first-order valence-corrected chi connectivity index (χ1v) is 8.28. The fourth-order valence-electron chi connectivity index (χ4n) is 2.20. The molecule has 5 heteroatoms. The molecule has 2 aromatic rings. The molecule has 0 aliphatic carbocycles. The zero-order valence-corrected chi connectivity index (χ0v) is 15.1. The summed E-state index contributed by atoms with van der Waals surface area (Å²) in [7, 11) is 0. The fourth-order valence-corrected chi connectivity index (χ4v) is 2.20. The molecule has 132 valence electrons. The Bertz CT molecular complexity index is 746. The van der Waals surface area contributed by atoms with Gasteiger partial charge in [0.25, 0.3) is 5.91 Å². The first-order chi connectivity index (χ1) is 11.8.